The molecule has 0 bridgehead atoms. The molecule has 3 nitrogen and oxygen atoms in total. The quantitative estimate of drug-likeness (QED) is 0.395. The zero-order valence-corrected chi connectivity index (χ0v) is 8.99. The second kappa shape index (κ2) is 3.80. The molecule has 0 aromatic rings. The lowest BCUT2D eigenvalue weighted by atomic mass is 9.67. The Balaban J connectivity index is 2.31. The molecule has 82 valence electrons. The van der Waals surface area contributed by atoms with Crippen molar-refractivity contribution >= 4 is 11.8 Å². The van der Waals surface area contributed by atoms with E-state index in [9.17, 15) is 9.59 Å². The molecule has 0 aliphatic heterocycles. The number of allylic oxidation sites excluding steroid dienone is 1. The van der Waals surface area contributed by atoms with Crippen LogP contribution in [0.25, 0.3) is 0 Å². The summed E-state index contributed by atoms with van der Waals surface area (Å²) in [4.78, 5) is 23.9. The number of esters is 1. The largest absolute Gasteiger partial charge is 0.465 e. The van der Waals surface area contributed by atoms with Gasteiger partial charge in [0.2, 0.25) is 0 Å². The van der Waals surface area contributed by atoms with Gasteiger partial charge in [0.05, 0.1) is 6.61 Å². The van der Waals surface area contributed by atoms with E-state index in [0.717, 1.165) is 19.3 Å². The van der Waals surface area contributed by atoms with Gasteiger partial charge in [-0.3, -0.25) is 9.59 Å². The summed E-state index contributed by atoms with van der Waals surface area (Å²) in [6.45, 7) is 2.12. The van der Waals surface area contributed by atoms with Crippen LogP contribution in [-0.2, 0) is 14.3 Å². The van der Waals surface area contributed by atoms with Crippen molar-refractivity contribution in [2.75, 3.05) is 6.61 Å². The number of ether oxygens (including phenoxy) is 1. The molecule has 0 amide bonds. The van der Waals surface area contributed by atoms with E-state index in [1.54, 1.807) is 13.0 Å². The van der Waals surface area contributed by atoms with Gasteiger partial charge in [-0.25, -0.2) is 0 Å². The third-order valence-corrected chi connectivity index (χ3v) is 3.48. The first-order valence-electron chi connectivity index (χ1n) is 5.60. The summed E-state index contributed by atoms with van der Waals surface area (Å²) in [5.74, 6) is -0.141. The minimum absolute atomic E-state index is 0.0472. The van der Waals surface area contributed by atoms with Crippen LogP contribution in [0.1, 0.15) is 32.6 Å². The highest BCUT2D eigenvalue weighted by atomic mass is 16.5. The summed E-state index contributed by atoms with van der Waals surface area (Å²) in [6.07, 6.45) is 6.94. The van der Waals surface area contributed by atoms with Gasteiger partial charge < -0.3 is 4.74 Å². The maximum absolute atomic E-state index is 12.0. The second-order valence-electron chi connectivity index (χ2n) is 4.24. The van der Waals surface area contributed by atoms with Crippen molar-refractivity contribution < 1.29 is 14.3 Å². The fourth-order valence-corrected chi connectivity index (χ4v) is 2.72. The lowest BCUT2D eigenvalue weighted by Crippen LogP contribution is -2.45. The van der Waals surface area contributed by atoms with Crippen LogP contribution in [-0.4, -0.2) is 18.4 Å². The minimum atomic E-state index is -0.922. The fourth-order valence-electron chi connectivity index (χ4n) is 2.72. The number of Topliss-reactive ketones (excluding diaryl/α,β-unsaturated/α-hetero) is 1. The number of hydrogen-bond acceptors (Lipinski definition) is 3. The van der Waals surface area contributed by atoms with Crippen LogP contribution in [0, 0.1) is 11.3 Å². The van der Waals surface area contributed by atoms with Gasteiger partial charge in [0.1, 0.15) is 5.41 Å². The second-order valence-corrected chi connectivity index (χ2v) is 4.24. The van der Waals surface area contributed by atoms with Gasteiger partial charge in [0.25, 0.3) is 0 Å². The van der Waals surface area contributed by atoms with Crippen molar-refractivity contribution in [3.63, 3.8) is 0 Å². The molecule has 0 aromatic heterocycles. The normalized spacial score (nSPS) is 33.9. The van der Waals surface area contributed by atoms with Crippen LogP contribution in [0.4, 0.5) is 0 Å². The Labute approximate surface area is 89.5 Å². The van der Waals surface area contributed by atoms with Gasteiger partial charge in [-0.05, 0) is 32.1 Å². The molecule has 2 aliphatic rings. The Kier molecular flexibility index (Phi) is 2.63. The Morgan fingerprint density at radius 3 is 3.20 bits per heavy atom. The van der Waals surface area contributed by atoms with Crippen LogP contribution in [0.2, 0.25) is 0 Å². The molecule has 0 N–H and O–H groups in total. The van der Waals surface area contributed by atoms with Crippen LogP contribution < -0.4 is 0 Å². The van der Waals surface area contributed by atoms with E-state index < -0.39 is 5.41 Å². The van der Waals surface area contributed by atoms with E-state index in [4.69, 9.17) is 4.74 Å². The van der Waals surface area contributed by atoms with Crippen molar-refractivity contribution in [3.05, 3.63) is 12.2 Å². The molecule has 2 rings (SSSR count). The van der Waals surface area contributed by atoms with E-state index in [2.05, 4.69) is 0 Å². The molecule has 2 aliphatic carbocycles. The van der Waals surface area contributed by atoms with Gasteiger partial charge in [-0.15, -0.1) is 0 Å². The third kappa shape index (κ3) is 1.41. The number of rotatable bonds is 2. The van der Waals surface area contributed by atoms with Crippen LogP contribution >= 0.6 is 0 Å². The molecule has 0 saturated heterocycles. The maximum atomic E-state index is 12.0. The maximum Gasteiger partial charge on any atom is 0.323 e. The predicted octanol–water partition coefficient (Wildman–Crippen LogP) is 1.86. The minimum Gasteiger partial charge on any atom is -0.465 e. The molecule has 0 unspecified atom stereocenters. The fraction of sp³-hybridized carbons (Fsp3) is 0.667. The molecule has 1 saturated carbocycles. The molecule has 15 heavy (non-hydrogen) atoms. The Morgan fingerprint density at radius 2 is 2.47 bits per heavy atom. The number of ketones is 1. The van der Waals surface area contributed by atoms with Crippen molar-refractivity contribution in [2.45, 2.75) is 32.6 Å². The summed E-state index contributed by atoms with van der Waals surface area (Å²) in [7, 11) is 0. The molecule has 1 fully saturated rings. The van der Waals surface area contributed by atoms with E-state index in [1.165, 1.54) is 0 Å². The SMILES string of the molecule is CCOC(=O)[C@@]12C=CC[C@@H]1CCCC2=O. The standard InChI is InChI=1S/C12H16O3/c1-2-15-11(14)12-8-4-6-9(12)5-3-7-10(12)13/h4,8-9H,2-3,5-7H2,1H3/t9-,12-/m0/s1. The third-order valence-electron chi connectivity index (χ3n) is 3.48. The Morgan fingerprint density at radius 1 is 1.67 bits per heavy atom. The van der Waals surface area contributed by atoms with E-state index >= 15 is 0 Å². The first-order chi connectivity index (χ1) is 7.21. The van der Waals surface area contributed by atoms with Crippen molar-refractivity contribution in [3.8, 4) is 0 Å². The van der Waals surface area contributed by atoms with Gasteiger partial charge in [0, 0.05) is 6.42 Å². The van der Waals surface area contributed by atoms with Crippen molar-refractivity contribution in [2.24, 2.45) is 11.3 Å². The summed E-state index contributed by atoms with van der Waals surface area (Å²) < 4.78 is 5.05. The van der Waals surface area contributed by atoms with Crippen molar-refractivity contribution in [1.29, 1.82) is 0 Å². The van der Waals surface area contributed by atoms with Gasteiger partial charge in [-0.1, -0.05) is 12.2 Å². The van der Waals surface area contributed by atoms with Crippen molar-refractivity contribution in [1.82, 2.24) is 0 Å². The summed E-state index contributed by atoms with van der Waals surface area (Å²) >= 11 is 0. The molecular formula is C12H16O3. The van der Waals surface area contributed by atoms with Gasteiger partial charge in [-0.2, -0.15) is 0 Å². The number of fused-ring (bicyclic) bond motifs is 1. The topological polar surface area (TPSA) is 43.4 Å². The average Bonchev–Trinajstić information content (AvgIpc) is 2.64. The molecule has 2 atom stereocenters. The van der Waals surface area contributed by atoms with Crippen LogP contribution in [0.5, 0.6) is 0 Å². The number of carbonyl (C=O) groups is 2. The number of hydrogen-bond donors (Lipinski definition) is 0. The molecule has 0 aromatic carbocycles. The highest BCUT2D eigenvalue weighted by Crippen LogP contribution is 2.47. The molecule has 0 radical (unpaired) electrons. The molecule has 3 heteroatoms. The zero-order valence-electron chi connectivity index (χ0n) is 8.99. The highest BCUT2D eigenvalue weighted by Gasteiger charge is 2.54. The Bertz CT molecular complexity index is 319. The smallest absolute Gasteiger partial charge is 0.323 e. The van der Waals surface area contributed by atoms with Crippen LogP contribution in [0.15, 0.2) is 12.2 Å². The number of carbonyl (C=O) groups excluding carboxylic acids is 2. The lowest BCUT2D eigenvalue weighted by Gasteiger charge is -2.34. The van der Waals surface area contributed by atoms with E-state index in [0.29, 0.717) is 13.0 Å². The van der Waals surface area contributed by atoms with Crippen LogP contribution in [0.3, 0.4) is 0 Å². The first kappa shape index (κ1) is 10.4. The summed E-state index contributed by atoms with van der Waals surface area (Å²) in [6, 6.07) is 0. The molecule has 0 spiro atoms. The lowest BCUT2D eigenvalue weighted by molar-refractivity contribution is -0.161. The Hall–Kier alpha value is -1.12. The molecular weight excluding hydrogens is 192 g/mol. The van der Waals surface area contributed by atoms with Gasteiger partial charge in [0.15, 0.2) is 5.78 Å². The average molecular weight is 208 g/mol. The first-order valence-corrected chi connectivity index (χ1v) is 5.60. The summed E-state index contributed by atoms with van der Waals surface area (Å²) in [5, 5.41) is 0. The molecule has 0 heterocycles. The highest BCUT2D eigenvalue weighted by molar-refractivity contribution is 6.07. The van der Waals surface area contributed by atoms with E-state index in [-0.39, 0.29) is 17.7 Å². The zero-order chi connectivity index (χ0) is 10.9. The summed E-state index contributed by atoms with van der Waals surface area (Å²) in [5.41, 5.74) is -0.922. The monoisotopic (exact) mass is 208 g/mol. The predicted molar refractivity (Wildman–Crippen MR) is 55.2 cm³/mol. The van der Waals surface area contributed by atoms with Gasteiger partial charge >= 0.3 is 5.97 Å². The van der Waals surface area contributed by atoms with E-state index in [1.807, 2.05) is 6.08 Å².